The van der Waals surface area contributed by atoms with Gasteiger partial charge in [-0.25, -0.2) is 9.59 Å². The van der Waals surface area contributed by atoms with Gasteiger partial charge in [0.1, 0.15) is 17.2 Å². The topological polar surface area (TPSA) is 93.1 Å². The molecule has 1 unspecified atom stereocenters. The van der Waals surface area contributed by atoms with Crippen molar-refractivity contribution in [2.75, 3.05) is 7.05 Å². The molecule has 0 saturated heterocycles. The van der Waals surface area contributed by atoms with Gasteiger partial charge in [0.15, 0.2) is 0 Å². The minimum atomic E-state index is -1.30. The van der Waals surface area contributed by atoms with Gasteiger partial charge in [-0.2, -0.15) is 0 Å². The van der Waals surface area contributed by atoms with Crippen LogP contribution in [0.5, 0.6) is 0 Å². The predicted octanol–water partition coefficient (Wildman–Crippen LogP) is 3.21. The molecule has 7 nitrogen and oxygen atoms in total. The maximum absolute atomic E-state index is 12.6. The van der Waals surface area contributed by atoms with Crippen LogP contribution in [0.4, 0.5) is 4.79 Å². The lowest BCUT2D eigenvalue weighted by atomic mass is 9.54. The molecule has 27 heavy (non-hydrogen) atoms. The van der Waals surface area contributed by atoms with E-state index in [0.29, 0.717) is 17.8 Å². The first-order valence-corrected chi connectivity index (χ1v) is 9.87. The van der Waals surface area contributed by atoms with E-state index in [-0.39, 0.29) is 6.42 Å². The molecule has 0 aliphatic heterocycles. The second kappa shape index (κ2) is 6.99. The number of carbonyl (C=O) groups is 3. The minimum Gasteiger partial charge on any atom is -0.480 e. The number of hydrogen-bond donors (Lipinski definition) is 1. The zero-order valence-electron chi connectivity index (χ0n) is 16.7. The van der Waals surface area contributed by atoms with Crippen molar-refractivity contribution in [3.05, 3.63) is 0 Å². The highest BCUT2D eigenvalue weighted by molar-refractivity contribution is 5.85. The third-order valence-corrected chi connectivity index (χ3v) is 6.11. The van der Waals surface area contributed by atoms with Crippen molar-refractivity contribution >= 4 is 18.0 Å². The molecule has 4 fully saturated rings. The van der Waals surface area contributed by atoms with E-state index in [2.05, 4.69) is 0 Å². The molecule has 152 valence electrons. The summed E-state index contributed by atoms with van der Waals surface area (Å²) in [6.07, 6.45) is 5.24. The Balaban J connectivity index is 1.62. The number of aliphatic carboxylic acids is 1. The number of likely N-dealkylation sites (N-methyl/N-ethyl adjacent to an activating group) is 1. The van der Waals surface area contributed by atoms with Crippen LogP contribution < -0.4 is 0 Å². The summed E-state index contributed by atoms with van der Waals surface area (Å²) in [5.74, 6) is 0.0989. The molecule has 4 rings (SSSR count). The second-order valence-corrected chi connectivity index (χ2v) is 9.72. The molecule has 4 aliphatic rings. The average molecular weight is 381 g/mol. The number of hydrogen-bond acceptors (Lipinski definition) is 5. The number of carboxylic acid groups (broad SMARTS) is 1. The molecule has 0 aromatic carbocycles. The van der Waals surface area contributed by atoms with Gasteiger partial charge < -0.3 is 14.6 Å². The van der Waals surface area contributed by atoms with Crippen LogP contribution in [0.15, 0.2) is 0 Å². The summed E-state index contributed by atoms with van der Waals surface area (Å²) in [5.41, 5.74) is -1.16. The Morgan fingerprint density at radius 2 is 1.56 bits per heavy atom. The summed E-state index contributed by atoms with van der Waals surface area (Å²) < 4.78 is 11.1. The molecule has 1 N–H and O–H groups in total. The van der Waals surface area contributed by atoms with Crippen LogP contribution in [0.25, 0.3) is 0 Å². The fourth-order valence-corrected chi connectivity index (χ4v) is 5.45. The summed E-state index contributed by atoms with van der Waals surface area (Å²) in [6, 6.07) is -1.30. The van der Waals surface area contributed by atoms with Crippen molar-refractivity contribution in [3.8, 4) is 0 Å². The van der Waals surface area contributed by atoms with Gasteiger partial charge in [-0.05, 0) is 77.0 Å². The maximum atomic E-state index is 12.6. The van der Waals surface area contributed by atoms with Crippen molar-refractivity contribution in [1.29, 1.82) is 0 Å². The SMILES string of the molecule is CN(C(=O)OC(C)(C)C)C(CC(=O)OC12CC3CC(CC(C3)C1)C2)C(=O)O. The van der Waals surface area contributed by atoms with Crippen molar-refractivity contribution in [2.45, 2.75) is 83.0 Å². The fraction of sp³-hybridized carbons (Fsp3) is 0.850. The molecular weight excluding hydrogens is 350 g/mol. The van der Waals surface area contributed by atoms with Crippen LogP contribution in [-0.4, -0.2) is 52.3 Å². The summed E-state index contributed by atoms with van der Waals surface area (Å²) in [7, 11) is 1.34. The molecule has 0 heterocycles. The van der Waals surface area contributed by atoms with E-state index >= 15 is 0 Å². The van der Waals surface area contributed by atoms with Gasteiger partial charge in [0.25, 0.3) is 0 Å². The summed E-state index contributed by atoms with van der Waals surface area (Å²) >= 11 is 0. The molecule has 1 atom stereocenters. The zero-order valence-corrected chi connectivity index (χ0v) is 16.7. The lowest BCUT2D eigenvalue weighted by Gasteiger charge is -2.55. The molecule has 4 aliphatic carbocycles. The number of carbonyl (C=O) groups excluding carboxylic acids is 2. The number of nitrogens with zero attached hydrogens (tertiary/aromatic N) is 1. The lowest BCUT2D eigenvalue weighted by molar-refractivity contribution is -0.188. The highest BCUT2D eigenvalue weighted by atomic mass is 16.6. The lowest BCUT2D eigenvalue weighted by Crippen LogP contribution is -2.53. The largest absolute Gasteiger partial charge is 0.480 e. The van der Waals surface area contributed by atoms with Gasteiger partial charge in [-0.1, -0.05) is 0 Å². The van der Waals surface area contributed by atoms with Gasteiger partial charge in [0, 0.05) is 7.05 Å². The van der Waals surface area contributed by atoms with E-state index in [4.69, 9.17) is 9.47 Å². The Bertz CT molecular complexity index is 587. The van der Waals surface area contributed by atoms with Crippen molar-refractivity contribution in [2.24, 2.45) is 17.8 Å². The van der Waals surface area contributed by atoms with Gasteiger partial charge in [-0.3, -0.25) is 9.69 Å². The minimum absolute atomic E-state index is 0.368. The first kappa shape index (κ1) is 20.0. The molecule has 0 aromatic rings. The van der Waals surface area contributed by atoms with E-state index in [9.17, 15) is 19.5 Å². The summed E-state index contributed by atoms with van der Waals surface area (Å²) in [6.45, 7) is 5.11. The third kappa shape index (κ3) is 4.55. The molecule has 0 spiro atoms. The Morgan fingerprint density at radius 3 is 1.96 bits per heavy atom. The Morgan fingerprint density at radius 1 is 1.07 bits per heavy atom. The first-order chi connectivity index (χ1) is 12.5. The maximum Gasteiger partial charge on any atom is 0.410 e. The van der Waals surface area contributed by atoms with E-state index in [1.807, 2.05) is 0 Å². The Kier molecular flexibility index (Phi) is 5.16. The number of amides is 1. The summed E-state index contributed by atoms with van der Waals surface area (Å²) in [4.78, 5) is 37.4. The number of ether oxygens (including phenoxy) is 2. The van der Waals surface area contributed by atoms with Crippen molar-refractivity contribution in [1.82, 2.24) is 4.90 Å². The van der Waals surface area contributed by atoms with Crippen LogP contribution in [0.3, 0.4) is 0 Å². The van der Waals surface area contributed by atoms with Crippen LogP contribution in [-0.2, 0) is 19.1 Å². The van der Waals surface area contributed by atoms with Crippen LogP contribution in [0, 0.1) is 17.8 Å². The first-order valence-electron chi connectivity index (χ1n) is 9.87. The van der Waals surface area contributed by atoms with E-state index in [1.54, 1.807) is 20.8 Å². The van der Waals surface area contributed by atoms with Crippen molar-refractivity contribution in [3.63, 3.8) is 0 Å². The molecule has 4 bridgehead atoms. The van der Waals surface area contributed by atoms with Crippen molar-refractivity contribution < 1.29 is 29.0 Å². The fourth-order valence-electron chi connectivity index (χ4n) is 5.45. The van der Waals surface area contributed by atoms with Gasteiger partial charge in [-0.15, -0.1) is 0 Å². The quantitative estimate of drug-likeness (QED) is 0.735. The van der Waals surface area contributed by atoms with Crippen LogP contribution >= 0.6 is 0 Å². The monoisotopic (exact) mass is 381 g/mol. The normalized spacial score (nSPS) is 32.7. The van der Waals surface area contributed by atoms with Gasteiger partial charge >= 0.3 is 18.0 Å². The summed E-state index contributed by atoms with van der Waals surface area (Å²) in [5, 5.41) is 9.51. The Labute approximate surface area is 160 Å². The molecule has 0 radical (unpaired) electrons. The molecule has 1 amide bonds. The highest BCUT2D eigenvalue weighted by Crippen LogP contribution is 2.57. The second-order valence-electron chi connectivity index (χ2n) is 9.72. The van der Waals surface area contributed by atoms with Gasteiger partial charge in [0.2, 0.25) is 0 Å². The number of carboxylic acids is 1. The standard InChI is InChI=1S/C20H31NO6/c1-19(2,3)27-18(25)21(4)15(17(23)24)8-16(22)26-20-9-12-5-13(10-20)7-14(6-12)11-20/h12-15H,5-11H2,1-4H3,(H,23,24). The highest BCUT2D eigenvalue weighted by Gasteiger charge is 2.53. The molecule has 7 heteroatoms. The van der Waals surface area contributed by atoms with E-state index in [1.165, 1.54) is 26.3 Å². The molecule has 0 aromatic heterocycles. The van der Waals surface area contributed by atoms with Crippen LogP contribution in [0.2, 0.25) is 0 Å². The number of esters is 1. The smallest absolute Gasteiger partial charge is 0.410 e. The Hall–Kier alpha value is -1.79. The third-order valence-electron chi connectivity index (χ3n) is 6.11. The molecule has 4 saturated carbocycles. The molecular formula is C20H31NO6. The van der Waals surface area contributed by atoms with Crippen LogP contribution in [0.1, 0.15) is 65.7 Å². The zero-order chi connectivity index (χ0) is 20.0. The predicted molar refractivity (Wildman–Crippen MR) is 97.0 cm³/mol. The van der Waals surface area contributed by atoms with E-state index in [0.717, 1.165) is 24.2 Å². The van der Waals surface area contributed by atoms with E-state index < -0.39 is 35.3 Å². The van der Waals surface area contributed by atoms with Gasteiger partial charge in [0.05, 0.1) is 6.42 Å². The average Bonchev–Trinajstić information content (AvgIpc) is 2.48. The number of rotatable bonds is 5.